The zero-order valence-corrected chi connectivity index (χ0v) is 18.1. The van der Waals surface area contributed by atoms with E-state index in [4.69, 9.17) is 4.74 Å². The third-order valence-corrected chi connectivity index (χ3v) is 5.46. The number of aromatic nitrogens is 3. The number of carbonyl (C=O) groups excluding carboxylic acids is 2. The number of rotatable bonds is 5. The van der Waals surface area contributed by atoms with Gasteiger partial charge in [0.05, 0.1) is 19.3 Å². The van der Waals surface area contributed by atoms with Gasteiger partial charge in [-0.15, -0.1) is 0 Å². The summed E-state index contributed by atoms with van der Waals surface area (Å²) in [6.07, 6.45) is 8.31. The molecule has 32 heavy (non-hydrogen) atoms. The lowest BCUT2D eigenvalue weighted by Gasteiger charge is -2.42. The summed E-state index contributed by atoms with van der Waals surface area (Å²) in [7, 11) is 3.39. The second-order valence-corrected chi connectivity index (χ2v) is 7.98. The van der Waals surface area contributed by atoms with Crippen LogP contribution >= 0.6 is 0 Å². The van der Waals surface area contributed by atoms with Gasteiger partial charge in [0, 0.05) is 51.8 Å². The van der Waals surface area contributed by atoms with E-state index in [1.807, 2.05) is 36.4 Å². The SMILES string of the molecule is CN(C)C(=O)[C@@]1(Cc2cccc(-c3cccnc3)c2)CN(C(=O)c2cnccn2)CCO1. The maximum Gasteiger partial charge on any atom is 0.274 e. The second kappa shape index (κ2) is 9.23. The number of likely N-dealkylation sites (N-methyl/N-ethyl adjacent to an activating group) is 1. The summed E-state index contributed by atoms with van der Waals surface area (Å²) < 4.78 is 6.12. The van der Waals surface area contributed by atoms with Crippen molar-refractivity contribution in [1.29, 1.82) is 0 Å². The molecule has 0 radical (unpaired) electrons. The molecule has 0 saturated carbocycles. The first-order valence-corrected chi connectivity index (χ1v) is 10.4. The van der Waals surface area contributed by atoms with Crippen molar-refractivity contribution in [2.75, 3.05) is 33.8 Å². The van der Waals surface area contributed by atoms with Crippen LogP contribution in [0.3, 0.4) is 0 Å². The minimum absolute atomic E-state index is 0.135. The lowest BCUT2D eigenvalue weighted by Crippen LogP contribution is -2.61. The molecular formula is C24H25N5O3. The fourth-order valence-electron chi connectivity index (χ4n) is 3.97. The topological polar surface area (TPSA) is 88.5 Å². The molecule has 1 atom stereocenters. The predicted molar refractivity (Wildman–Crippen MR) is 119 cm³/mol. The number of hydrogen-bond acceptors (Lipinski definition) is 6. The average Bonchev–Trinajstić information content (AvgIpc) is 2.84. The first-order chi connectivity index (χ1) is 15.5. The van der Waals surface area contributed by atoms with Gasteiger partial charge in [0.2, 0.25) is 0 Å². The standard InChI is InChI=1S/C24H25N5O3/c1-28(2)23(31)24(14-18-5-3-6-19(13-18)20-7-4-8-25-15-20)17-29(11-12-32-24)22(30)21-16-26-9-10-27-21/h3-10,13,15-16H,11-12,14,17H2,1-2H3/t24-/m1/s1. The Morgan fingerprint density at radius 1 is 1.06 bits per heavy atom. The van der Waals surface area contributed by atoms with Crippen LogP contribution in [0.5, 0.6) is 0 Å². The second-order valence-electron chi connectivity index (χ2n) is 7.98. The van der Waals surface area contributed by atoms with Crippen LogP contribution in [0.1, 0.15) is 16.1 Å². The van der Waals surface area contributed by atoms with Gasteiger partial charge in [-0.25, -0.2) is 4.98 Å². The summed E-state index contributed by atoms with van der Waals surface area (Å²) in [5, 5.41) is 0. The quantitative estimate of drug-likeness (QED) is 0.615. The van der Waals surface area contributed by atoms with Crippen LogP contribution in [-0.4, -0.2) is 76.0 Å². The molecule has 8 nitrogen and oxygen atoms in total. The number of ether oxygens (including phenoxy) is 1. The summed E-state index contributed by atoms with van der Waals surface area (Å²) in [5.74, 6) is -0.442. The molecular weight excluding hydrogens is 406 g/mol. The van der Waals surface area contributed by atoms with Gasteiger partial charge < -0.3 is 14.5 Å². The molecule has 3 aromatic rings. The molecule has 0 bridgehead atoms. The van der Waals surface area contributed by atoms with E-state index in [9.17, 15) is 9.59 Å². The fourth-order valence-corrected chi connectivity index (χ4v) is 3.97. The highest BCUT2D eigenvalue weighted by Crippen LogP contribution is 2.28. The van der Waals surface area contributed by atoms with Crippen molar-refractivity contribution in [3.8, 4) is 11.1 Å². The van der Waals surface area contributed by atoms with Gasteiger partial charge in [0.25, 0.3) is 11.8 Å². The number of amides is 2. The highest BCUT2D eigenvalue weighted by atomic mass is 16.5. The third kappa shape index (κ3) is 4.50. The average molecular weight is 431 g/mol. The molecule has 2 amide bonds. The fraction of sp³-hybridized carbons (Fsp3) is 0.292. The largest absolute Gasteiger partial charge is 0.361 e. The summed E-state index contributed by atoms with van der Waals surface area (Å²) in [6, 6.07) is 11.8. The molecule has 1 aromatic carbocycles. The molecule has 3 heterocycles. The van der Waals surface area contributed by atoms with E-state index in [-0.39, 0.29) is 30.7 Å². The van der Waals surface area contributed by atoms with E-state index >= 15 is 0 Å². The molecule has 0 spiro atoms. The van der Waals surface area contributed by atoms with E-state index in [1.165, 1.54) is 23.5 Å². The number of benzene rings is 1. The van der Waals surface area contributed by atoms with Crippen LogP contribution < -0.4 is 0 Å². The van der Waals surface area contributed by atoms with Crippen LogP contribution in [0.25, 0.3) is 11.1 Å². The van der Waals surface area contributed by atoms with Crippen molar-refractivity contribution in [3.63, 3.8) is 0 Å². The predicted octanol–water partition coefficient (Wildman–Crippen LogP) is 2.08. The number of hydrogen-bond donors (Lipinski definition) is 0. The van der Waals surface area contributed by atoms with E-state index in [1.54, 1.807) is 31.4 Å². The van der Waals surface area contributed by atoms with Crippen LogP contribution in [0.2, 0.25) is 0 Å². The molecule has 1 aliphatic rings. The van der Waals surface area contributed by atoms with Gasteiger partial charge in [-0.2, -0.15) is 0 Å². The first-order valence-electron chi connectivity index (χ1n) is 10.4. The van der Waals surface area contributed by atoms with Crippen LogP contribution in [0.4, 0.5) is 0 Å². The monoisotopic (exact) mass is 431 g/mol. The Kier molecular flexibility index (Phi) is 6.23. The van der Waals surface area contributed by atoms with Crippen molar-refractivity contribution in [1.82, 2.24) is 24.8 Å². The molecule has 0 aliphatic carbocycles. The highest BCUT2D eigenvalue weighted by molar-refractivity contribution is 5.93. The molecule has 0 N–H and O–H groups in total. The Hall–Kier alpha value is -3.65. The molecule has 1 aliphatic heterocycles. The summed E-state index contributed by atoms with van der Waals surface area (Å²) in [4.78, 5) is 41.7. The molecule has 164 valence electrons. The van der Waals surface area contributed by atoms with E-state index in [2.05, 4.69) is 15.0 Å². The van der Waals surface area contributed by atoms with Gasteiger partial charge in [-0.1, -0.05) is 30.3 Å². The Morgan fingerprint density at radius 2 is 1.88 bits per heavy atom. The van der Waals surface area contributed by atoms with Crippen molar-refractivity contribution >= 4 is 11.8 Å². The van der Waals surface area contributed by atoms with E-state index in [0.29, 0.717) is 13.0 Å². The van der Waals surface area contributed by atoms with Crippen molar-refractivity contribution in [2.24, 2.45) is 0 Å². The van der Waals surface area contributed by atoms with Gasteiger partial charge >= 0.3 is 0 Å². The van der Waals surface area contributed by atoms with Crippen molar-refractivity contribution < 1.29 is 14.3 Å². The molecule has 8 heteroatoms. The zero-order chi connectivity index (χ0) is 22.6. The van der Waals surface area contributed by atoms with Gasteiger partial charge in [0.15, 0.2) is 5.60 Å². The van der Waals surface area contributed by atoms with Crippen LogP contribution in [0, 0.1) is 0 Å². The minimum Gasteiger partial charge on any atom is -0.361 e. The number of nitrogens with zero attached hydrogens (tertiary/aromatic N) is 5. The summed E-state index contributed by atoms with van der Waals surface area (Å²) in [5.41, 5.74) is 2.00. The molecule has 0 unspecified atom stereocenters. The summed E-state index contributed by atoms with van der Waals surface area (Å²) in [6.45, 7) is 0.776. The van der Waals surface area contributed by atoms with Crippen LogP contribution in [0.15, 0.2) is 67.4 Å². The van der Waals surface area contributed by atoms with Crippen molar-refractivity contribution in [2.45, 2.75) is 12.0 Å². The lowest BCUT2D eigenvalue weighted by molar-refractivity contribution is -0.165. The van der Waals surface area contributed by atoms with Crippen molar-refractivity contribution in [3.05, 3.63) is 78.6 Å². The Balaban J connectivity index is 1.64. The van der Waals surface area contributed by atoms with Gasteiger partial charge in [-0.05, 0) is 22.8 Å². The molecule has 1 saturated heterocycles. The highest BCUT2D eigenvalue weighted by Gasteiger charge is 2.46. The maximum absolute atomic E-state index is 13.3. The first kappa shape index (κ1) is 21.6. The van der Waals surface area contributed by atoms with Gasteiger partial charge in [0.1, 0.15) is 5.69 Å². The number of carbonyl (C=O) groups is 2. The lowest BCUT2D eigenvalue weighted by atomic mass is 9.89. The van der Waals surface area contributed by atoms with E-state index in [0.717, 1.165) is 16.7 Å². The van der Waals surface area contributed by atoms with E-state index < -0.39 is 5.60 Å². The Labute approximate surface area is 186 Å². The molecule has 2 aromatic heterocycles. The number of morpholine rings is 1. The normalized spacial score (nSPS) is 18.2. The summed E-state index contributed by atoms with van der Waals surface area (Å²) >= 11 is 0. The molecule has 1 fully saturated rings. The molecule has 4 rings (SSSR count). The van der Waals surface area contributed by atoms with Crippen LogP contribution in [-0.2, 0) is 16.0 Å². The Bertz CT molecular complexity index is 1090. The maximum atomic E-state index is 13.3. The third-order valence-electron chi connectivity index (χ3n) is 5.46. The number of pyridine rings is 1. The smallest absolute Gasteiger partial charge is 0.274 e. The minimum atomic E-state index is -1.19. The zero-order valence-electron chi connectivity index (χ0n) is 18.1. The Morgan fingerprint density at radius 3 is 2.59 bits per heavy atom. The van der Waals surface area contributed by atoms with Gasteiger partial charge in [-0.3, -0.25) is 19.6 Å².